The molecular weight excluding hydrogens is 230 g/mol. The highest BCUT2D eigenvalue weighted by Crippen LogP contribution is 2.28. The van der Waals surface area contributed by atoms with Gasteiger partial charge in [0, 0.05) is 12.1 Å². The molecule has 19 heavy (non-hydrogen) atoms. The summed E-state index contributed by atoms with van der Waals surface area (Å²) in [4.78, 5) is 0. The second kappa shape index (κ2) is 6.56. The zero-order valence-electron chi connectivity index (χ0n) is 13.0. The van der Waals surface area contributed by atoms with Crippen LogP contribution in [0.4, 0.5) is 0 Å². The van der Waals surface area contributed by atoms with E-state index in [1.165, 1.54) is 48.8 Å². The Morgan fingerprint density at radius 3 is 2.47 bits per heavy atom. The lowest BCUT2D eigenvalue weighted by molar-refractivity contribution is 0.266. The van der Waals surface area contributed by atoms with Crippen molar-refractivity contribution in [2.45, 2.75) is 71.9 Å². The van der Waals surface area contributed by atoms with Crippen molar-refractivity contribution in [3.63, 3.8) is 0 Å². The van der Waals surface area contributed by atoms with Gasteiger partial charge in [0.1, 0.15) is 0 Å². The van der Waals surface area contributed by atoms with E-state index in [-0.39, 0.29) is 0 Å². The van der Waals surface area contributed by atoms with Crippen molar-refractivity contribution in [2.75, 3.05) is 0 Å². The molecule has 0 spiro atoms. The molecule has 0 bridgehead atoms. The Kier molecular flexibility index (Phi) is 5.04. The summed E-state index contributed by atoms with van der Waals surface area (Å²) in [6.07, 6.45) is 6.90. The van der Waals surface area contributed by atoms with E-state index in [1.807, 2.05) is 0 Å². The van der Waals surface area contributed by atoms with Crippen molar-refractivity contribution in [3.05, 3.63) is 34.9 Å². The van der Waals surface area contributed by atoms with Crippen LogP contribution in [0.3, 0.4) is 0 Å². The molecule has 0 amide bonds. The average molecular weight is 259 g/mol. The van der Waals surface area contributed by atoms with E-state index < -0.39 is 0 Å². The van der Waals surface area contributed by atoms with E-state index in [2.05, 4.69) is 51.2 Å². The van der Waals surface area contributed by atoms with E-state index in [0.717, 1.165) is 12.0 Å². The zero-order chi connectivity index (χ0) is 13.8. The first-order valence-electron chi connectivity index (χ1n) is 7.92. The maximum absolute atomic E-state index is 3.85. The Morgan fingerprint density at radius 1 is 1.16 bits per heavy atom. The standard InChI is InChI=1S/C18H29N/c1-5-16-7-6-8-18(12-16)19-15(4)17-10-13(2)9-14(3)11-17/h9-11,15-16,18-19H,5-8,12H2,1-4H3. The highest BCUT2D eigenvalue weighted by molar-refractivity contribution is 5.30. The zero-order valence-corrected chi connectivity index (χ0v) is 13.0. The summed E-state index contributed by atoms with van der Waals surface area (Å²) in [6.45, 7) is 9.03. The van der Waals surface area contributed by atoms with Gasteiger partial charge in [0.15, 0.2) is 0 Å². The van der Waals surface area contributed by atoms with Crippen LogP contribution in [0.25, 0.3) is 0 Å². The van der Waals surface area contributed by atoms with Crippen LogP contribution >= 0.6 is 0 Å². The molecular formula is C18H29N. The van der Waals surface area contributed by atoms with Gasteiger partial charge in [0.05, 0.1) is 0 Å². The third-order valence-corrected chi connectivity index (χ3v) is 4.59. The van der Waals surface area contributed by atoms with Crippen LogP contribution in [-0.4, -0.2) is 6.04 Å². The monoisotopic (exact) mass is 259 g/mol. The molecule has 1 N–H and O–H groups in total. The molecule has 1 saturated carbocycles. The molecule has 0 aromatic heterocycles. The molecule has 106 valence electrons. The van der Waals surface area contributed by atoms with Gasteiger partial charge in [-0.15, -0.1) is 0 Å². The molecule has 1 heteroatoms. The molecule has 0 aliphatic heterocycles. The largest absolute Gasteiger partial charge is 0.307 e. The van der Waals surface area contributed by atoms with Gasteiger partial charge in [-0.3, -0.25) is 0 Å². The Labute approximate surface area is 118 Å². The first-order chi connectivity index (χ1) is 9.08. The molecule has 3 unspecified atom stereocenters. The smallest absolute Gasteiger partial charge is 0.0294 e. The van der Waals surface area contributed by atoms with Gasteiger partial charge < -0.3 is 5.32 Å². The van der Waals surface area contributed by atoms with Crippen LogP contribution in [0, 0.1) is 19.8 Å². The van der Waals surface area contributed by atoms with Crippen LogP contribution in [0.15, 0.2) is 18.2 Å². The van der Waals surface area contributed by atoms with Crippen molar-refractivity contribution in [2.24, 2.45) is 5.92 Å². The Hall–Kier alpha value is -0.820. The minimum Gasteiger partial charge on any atom is -0.307 e. The molecule has 1 aromatic carbocycles. The van der Waals surface area contributed by atoms with Gasteiger partial charge in [0.2, 0.25) is 0 Å². The summed E-state index contributed by atoms with van der Waals surface area (Å²) in [5.41, 5.74) is 4.19. The first-order valence-corrected chi connectivity index (χ1v) is 7.92. The van der Waals surface area contributed by atoms with Crippen LogP contribution < -0.4 is 5.32 Å². The summed E-state index contributed by atoms with van der Waals surface area (Å²) in [7, 11) is 0. The third-order valence-electron chi connectivity index (χ3n) is 4.59. The number of nitrogens with one attached hydrogen (secondary N) is 1. The molecule has 0 saturated heterocycles. The molecule has 3 atom stereocenters. The van der Waals surface area contributed by atoms with Crippen molar-refractivity contribution in [1.82, 2.24) is 5.32 Å². The second-order valence-corrected chi connectivity index (χ2v) is 6.45. The van der Waals surface area contributed by atoms with E-state index in [1.54, 1.807) is 0 Å². The van der Waals surface area contributed by atoms with Gasteiger partial charge in [-0.2, -0.15) is 0 Å². The summed E-state index contributed by atoms with van der Waals surface area (Å²) in [5, 5.41) is 3.85. The third kappa shape index (κ3) is 4.07. The summed E-state index contributed by atoms with van der Waals surface area (Å²) in [5.74, 6) is 0.942. The fourth-order valence-corrected chi connectivity index (χ4v) is 3.52. The predicted octanol–water partition coefficient (Wildman–Crippen LogP) is 4.92. The number of hydrogen-bond donors (Lipinski definition) is 1. The number of rotatable bonds is 4. The molecule has 0 radical (unpaired) electrons. The van der Waals surface area contributed by atoms with Gasteiger partial charge in [-0.1, -0.05) is 55.5 Å². The highest BCUT2D eigenvalue weighted by Gasteiger charge is 2.22. The van der Waals surface area contributed by atoms with E-state index in [9.17, 15) is 0 Å². The fourth-order valence-electron chi connectivity index (χ4n) is 3.52. The van der Waals surface area contributed by atoms with Crippen LogP contribution in [0.5, 0.6) is 0 Å². The van der Waals surface area contributed by atoms with Gasteiger partial charge in [-0.05, 0) is 45.1 Å². The summed E-state index contributed by atoms with van der Waals surface area (Å²) < 4.78 is 0. The molecule has 1 fully saturated rings. The summed E-state index contributed by atoms with van der Waals surface area (Å²) >= 11 is 0. The van der Waals surface area contributed by atoms with E-state index in [4.69, 9.17) is 0 Å². The topological polar surface area (TPSA) is 12.0 Å². The van der Waals surface area contributed by atoms with Crippen LogP contribution in [0.2, 0.25) is 0 Å². The minimum atomic E-state index is 0.471. The number of hydrogen-bond acceptors (Lipinski definition) is 1. The number of aryl methyl sites for hydroxylation is 2. The van der Waals surface area contributed by atoms with Gasteiger partial charge in [0.25, 0.3) is 0 Å². The Bertz CT molecular complexity index is 390. The molecule has 2 rings (SSSR count). The molecule has 0 heterocycles. The van der Waals surface area contributed by atoms with Crippen LogP contribution in [-0.2, 0) is 0 Å². The second-order valence-electron chi connectivity index (χ2n) is 6.45. The van der Waals surface area contributed by atoms with Crippen molar-refractivity contribution >= 4 is 0 Å². The Balaban J connectivity index is 1.98. The highest BCUT2D eigenvalue weighted by atomic mass is 14.9. The lowest BCUT2D eigenvalue weighted by Crippen LogP contribution is -2.35. The molecule has 1 nitrogen and oxygen atoms in total. The lowest BCUT2D eigenvalue weighted by Gasteiger charge is -2.31. The van der Waals surface area contributed by atoms with E-state index >= 15 is 0 Å². The number of benzene rings is 1. The van der Waals surface area contributed by atoms with Crippen molar-refractivity contribution in [1.29, 1.82) is 0 Å². The molecule has 1 aromatic rings. The Morgan fingerprint density at radius 2 is 1.84 bits per heavy atom. The molecule has 1 aliphatic carbocycles. The van der Waals surface area contributed by atoms with Gasteiger partial charge in [-0.25, -0.2) is 0 Å². The van der Waals surface area contributed by atoms with E-state index in [0.29, 0.717) is 6.04 Å². The summed E-state index contributed by atoms with van der Waals surface area (Å²) in [6, 6.07) is 8.09. The quantitative estimate of drug-likeness (QED) is 0.809. The fraction of sp³-hybridized carbons (Fsp3) is 0.667. The molecule has 1 aliphatic rings. The first kappa shape index (κ1) is 14.6. The maximum Gasteiger partial charge on any atom is 0.0294 e. The van der Waals surface area contributed by atoms with Crippen molar-refractivity contribution < 1.29 is 0 Å². The van der Waals surface area contributed by atoms with Crippen molar-refractivity contribution in [3.8, 4) is 0 Å². The van der Waals surface area contributed by atoms with Gasteiger partial charge >= 0.3 is 0 Å². The van der Waals surface area contributed by atoms with Crippen LogP contribution in [0.1, 0.15) is 68.7 Å². The SMILES string of the molecule is CCC1CCCC(NC(C)c2cc(C)cc(C)c2)C1. The average Bonchev–Trinajstić information content (AvgIpc) is 2.37. The minimum absolute atomic E-state index is 0.471. The normalized spacial score (nSPS) is 25.3. The maximum atomic E-state index is 3.85. The predicted molar refractivity (Wildman–Crippen MR) is 83.5 cm³/mol. The lowest BCUT2D eigenvalue weighted by atomic mass is 9.84.